The van der Waals surface area contributed by atoms with E-state index in [0.29, 0.717) is 17.4 Å². The van der Waals surface area contributed by atoms with Crippen LogP contribution >= 0.6 is 11.6 Å². The highest BCUT2D eigenvalue weighted by atomic mass is 35.5. The Bertz CT molecular complexity index is 377. The van der Waals surface area contributed by atoms with Gasteiger partial charge in [-0.3, -0.25) is 0 Å². The Morgan fingerprint density at radius 1 is 1.28 bits per heavy atom. The molecule has 1 N–H and O–H groups in total. The third-order valence-corrected chi connectivity index (χ3v) is 2.67. The quantitative estimate of drug-likeness (QED) is 0.790. The number of unbranched alkanes of at least 4 members (excludes halogenated alkanes) is 1. The summed E-state index contributed by atoms with van der Waals surface area (Å²) < 4.78 is 18.3. The molecule has 0 aliphatic carbocycles. The third kappa shape index (κ3) is 6.22. The summed E-state index contributed by atoms with van der Waals surface area (Å²) in [5.74, 6) is 0.198. The number of hydrogen-bond donors (Lipinski definition) is 1. The normalized spacial score (nSPS) is 11.6. The Balaban J connectivity index is 2.18. The summed E-state index contributed by atoms with van der Waals surface area (Å²) in [6.45, 7) is 7.98. The molecule has 0 bridgehead atoms. The maximum Gasteiger partial charge on any atom is 0.138 e. The predicted molar refractivity (Wildman–Crippen MR) is 73.9 cm³/mol. The van der Waals surface area contributed by atoms with Crippen molar-refractivity contribution in [3.63, 3.8) is 0 Å². The van der Waals surface area contributed by atoms with Gasteiger partial charge in [0.25, 0.3) is 0 Å². The fourth-order valence-electron chi connectivity index (χ4n) is 1.46. The van der Waals surface area contributed by atoms with Gasteiger partial charge in [-0.1, -0.05) is 11.6 Å². The SMILES string of the molecule is CC(C)(C)NCCCCOc1ccc(F)cc1Cl. The van der Waals surface area contributed by atoms with E-state index >= 15 is 0 Å². The van der Waals surface area contributed by atoms with Gasteiger partial charge in [0.2, 0.25) is 0 Å². The van der Waals surface area contributed by atoms with Crippen molar-refractivity contribution in [1.29, 1.82) is 0 Å². The Morgan fingerprint density at radius 2 is 2.00 bits per heavy atom. The summed E-state index contributed by atoms with van der Waals surface area (Å²) in [7, 11) is 0. The Morgan fingerprint density at radius 3 is 2.61 bits per heavy atom. The molecule has 0 aliphatic heterocycles. The van der Waals surface area contributed by atoms with Crippen LogP contribution in [0.5, 0.6) is 5.75 Å². The van der Waals surface area contributed by atoms with Gasteiger partial charge in [-0.05, 0) is 58.4 Å². The summed E-state index contributed by atoms with van der Waals surface area (Å²) in [4.78, 5) is 0. The lowest BCUT2D eigenvalue weighted by atomic mass is 10.1. The molecule has 1 rings (SSSR count). The van der Waals surface area contributed by atoms with Crippen LogP contribution in [0.3, 0.4) is 0 Å². The van der Waals surface area contributed by atoms with Crippen molar-refractivity contribution in [2.75, 3.05) is 13.2 Å². The molecule has 1 aromatic rings. The van der Waals surface area contributed by atoms with E-state index in [0.717, 1.165) is 19.4 Å². The summed E-state index contributed by atoms with van der Waals surface area (Å²) in [6.07, 6.45) is 1.98. The summed E-state index contributed by atoms with van der Waals surface area (Å²) in [6, 6.07) is 4.17. The summed E-state index contributed by atoms with van der Waals surface area (Å²) in [5, 5.41) is 3.73. The van der Waals surface area contributed by atoms with Crippen molar-refractivity contribution in [3.05, 3.63) is 29.0 Å². The first-order valence-corrected chi connectivity index (χ1v) is 6.59. The Kier molecular flexibility index (Phi) is 5.89. The molecule has 0 spiro atoms. The molecule has 102 valence electrons. The largest absolute Gasteiger partial charge is 0.492 e. The number of rotatable bonds is 6. The Labute approximate surface area is 113 Å². The van der Waals surface area contributed by atoms with Gasteiger partial charge in [-0.2, -0.15) is 0 Å². The van der Waals surface area contributed by atoms with Crippen LogP contribution in [-0.2, 0) is 0 Å². The highest BCUT2D eigenvalue weighted by Gasteiger charge is 2.07. The first kappa shape index (κ1) is 15.3. The van der Waals surface area contributed by atoms with E-state index in [-0.39, 0.29) is 11.4 Å². The topological polar surface area (TPSA) is 21.3 Å². The highest BCUT2D eigenvalue weighted by molar-refractivity contribution is 6.32. The van der Waals surface area contributed by atoms with E-state index in [2.05, 4.69) is 26.1 Å². The molecule has 1 aromatic carbocycles. The minimum Gasteiger partial charge on any atom is -0.492 e. The lowest BCUT2D eigenvalue weighted by Crippen LogP contribution is -2.36. The number of ether oxygens (including phenoxy) is 1. The first-order chi connectivity index (χ1) is 8.38. The molecule has 0 unspecified atom stereocenters. The van der Waals surface area contributed by atoms with E-state index in [1.54, 1.807) is 6.07 Å². The number of hydrogen-bond acceptors (Lipinski definition) is 2. The monoisotopic (exact) mass is 273 g/mol. The zero-order valence-electron chi connectivity index (χ0n) is 11.2. The average molecular weight is 274 g/mol. The van der Waals surface area contributed by atoms with Gasteiger partial charge in [0, 0.05) is 5.54 Å². The molecule has 4 heteroatoms. The number of benzene rings is 1. The molecule has 18 heavy (non-hydrogen) atoms. The van der Waals surface area contributed by atoms with Crippen LogP contribution < -0.4 is 10.1 Å². The molecule has 2 nitrogen and oxygen atoms in total. The van der Waals surface area contributed by atoms with E-state index in [1.165, 1.54) is 12.1 Å². The second kappa shape index (κ2) is 6.95. The van der Waals surface area contributed by atoms with Crippen molar-refractivity contribution in [2.45, 2.75) is 39.2 Å². The minimum atomic E-state index is -0.346. The zero-order chi connectivity index (χ0) is 13.6. The van der Waals surface area contributed by atoms with Gasteiger partial charge in [0.05, 0.1) is 11.6 Å². The molecule has 0 aliphatic rings. The highest BCUT2D eigenvalue weighted by Crippen LogP contribution is 2.24. The minimum absolute atomic E-state index is 0.154. The van der Waals surface area contributed by atoms with Crippen molar-refractivity contribution in [2.24, 2.45) is 0 Å². The summed E-state index contributed by atoms with van der Waals surface area (Å²) in [5.41, 5.74) is 0.154. The van der Waals surface area contributed by atoms with Crippen LogP contribution in [-0.4, -0.2) is 18.7 Å². The first-order valence-electron chi connectivity index (χ1n) is 6.21. The second-order valence-electron chi connectivity index (χ2n) is 5.31. The van der Waals surface area contributed by atoms with Gasteiger partial charge in [0.15, 0.2) is 0 Å². The Hall–Kier alpha value is -0.800. The smallest absolute Gasteiger partial charge is 0.138 e. The van der Waals surface area contributed by atoms with E-state index in [4.69, 9.17) is 16.3 Å². The van der Waals surface area contributed by atoms with Gasteiger partial charge in [-0.25, -0.2) is 4.39 Å². The van der Waals surface area contributed by atoms with Crippen molar-refractivity contribution in [3.8, 4) is 5.75 Å². The van der Waals surface area contributed by atoms with Gasteiger partial charge in [-0.15, -0.1) is 0 Å². The van der Waals surface area contributed by atoms with Crippen molar-refractivity contribution >= 4 is 11.6 Å². The van der Waals surface area contributed by atoms with Gasteiger partial charge in [0.1, 0.15) is 11.6 Å². The second-order valence-corrected chi connectivity index (χ2v) is 5.71. The van der Waals surface area contributed by atoms with Crippen LogP contribution in [0.15, 0.2) is 18.2 Å². The molecule has 0 saturated carbocycles. The molecule has 0 saturated heterocycles. The lowest BCUT2D eigenvalue weighted by Gasteiger charge is -2.20. The van der Waals surface area contributed by atoms with Crippen molar-refractivity contribution in [1.82, 2.24) is 5.32 Å². The average Bonchev–Trinajstić information content (AvgIpc) is 2.24. The van der Waals surface area contributed by atoms with Crippen LogP contribution in [0.2, 0.25) is 5.02 Å². The zero-order valence-corrected chi connectivity index (χ0v) is 12.0. The summed E-state index contributed by atoms with van der Waals surface area (Å²) >= 11 is 5.85. The number of halogens is 2. The fraction of sp³-hybridized carbons (Fsp3) is 0.571. The van der Waals surface area contributed by atoms with Gasteiger partial charge < -0.3 is 10.1 Å². The lowest BCUT2D eigenvalue weighted by molar-refractivity contribution is 0.301. The fourth-order valence-corrected chi connectivity index (χ4v) is 1.69. The standard InChI is InChI=1S/C14H21ClFNO/c1-14(2,3)17-8-4-5-9-18-13-7-6-11(16)10-12(13)15/h6-7,10,17H,4-5,8-9H2,1-3H3. The van der Waals surface area contributed by atoms with E-state index in [1.807, 2.05) is 0 Å². The molecule has 0 aromatic heterocycles. The van der Waals surface area contributed by atoms with E-state index in [9.17, 15) is 4.39 Å². The van der Waals surface area contributed by atoms with Crippen LogP contribution in [0.4, 0.5) is 4.39 Å². The molecule has 0 radical (unpaired) electrons. The van der Waals surface area contributed by atoms with E-state index < -0.39 is 0 Å². The van der Waals surface area contributed by atoms with Crippen LogP contribution in [0.1, 0.15) is 33.6 Å². The maximum atomic E-state index is 12.8. The van der Waals surface area contributed by atoms with Crippen LogP contribution in [0.25, 0.3) is 0 Å². The molecule has 0 heterocycles. The molecular formula is C14H21ClFNO. The van der Waals surface area contributed by atoms with Crippen LogP contribution in [0, 0.1) is 5.82 Å². The van der Waals surface area contributed by atoms with Crippen molar-refractivity contribution < 1.29 is 9.13 Å². The number of nitrogens with one attached hydrogen (secondary N) is 1. The molecule has 0 fully saturated rings. The maximum absolute atomic E-state index is 12.8. The third-order valence-electron chi connectivity index (χ3n) is 2.38. The molecule has 0 atom stereocenters. The predicted octanol–water partition coefficient (Wildman–Crippen LogP) is 4.03. The van der Waals surface area contributed by atoms with Gasteiger partial charge >= 0.3 is 0 Å². The molecular weight excluding hydrogens is 253 g/mol. The molecule has 0 amide bonds.